The zero-order valence-corrected chi connectivity index (χ0v) is 19.4. The summed E-state index contributed by atoms with van der Waals surface area (Å²) < 4.78 is 0. The molecule has 4 rings (SSSR count). The first-order valence-electron chi connectivity index (χ1n) is 9.82. The first kappa shape index (κ1) is 22.0. The Balaban J connectivity index is 1.24. The van der Waals surface area contributed by atoms with Gasteiger partial charge in [0.05, 0.1) is 11.4 Å². The average Bonchev–Trinajstić information content (AvgIpc) is 3.28. The normalized spacial score (nSPS) is 10.4. The standard InChI is InChI=1S/C24H20N4OS3/c29-22(28-24-27-21(15-32-24)17-7-3-1-4-8-17)16-31-20-13-11-19(12-14-20)26-23(30)25-18-9-5-2-6-10-18/h1-15H,16H2,(H2,25,26,30)(H,27,28,29). The first-order valence-corrected chi connectivity index (χ1v) is 12.1. The van der Waals surface area contributed by atoms with Crippen LogP contribution in [0.25, 0.3) is 11.3 Å². The molecule has 1 amide bonds. The predicted molar refractivity (Wildman–Crippen MR) is 140 cm³/mol. The highest BCUT2D eigenvalue weighted by molar-refractivity contribution is 8.00. The molecule has 0 radical (unpaired) electrons. The van der Waals surface area contributed by atoms with Crippen LogP contribution >= 0.6 is 35.3 Å². The van der Waals surface area contributed by atoms with Crippen LogP contribution in [0.4, 0.5) is 16.5 Å². The van der Waals surface area contributed by atoms with E-state index in [-0.39, 0.29) is 5.91 Å². The quantitative estimate of drug-likeness (QED) is 0.213. The molecular weight excluding hydrogens is 456 g/mol. The number of benzene rings is 3. The van der Waals surface area contributed by atoms with Crippen molar-refractivity contribution in [2.75, 3.05) is 21.7 Å². The van der Waals surface area contributed by atoms with Gasteiger partial charge >= 0.3 is 0 Å². The SMILES string of the molecule is O=C(CSc1ccc(NC(=S)Nc2ccccc2)cc1)Nc1nc(-c2ccccc2)cs1. The van der Waals surface area contributed by atoms with E-state index in [2.05, 4.69) is 20.9 Å². The van der Waals surface area contributed by atoms with Crippen molar-refractivity contribution in [2.45, 2.75) is 4.90 Å². The smallest absolute Gasteiger partial charge is 0.236 e. The number of thioether (sulfide) groups is 1. The van der Waals surface area contributed by atoms with Crippen LogP contribution < -0.4 is 16.0 Å². The number of para-hydroxylation sites is 1. The van der Waals surface area contributed by atoms with Gasteiger partial charge in [-0.25, -0.2) is 4.98 Å². The summed E-state index contributed by atoms with van der Waals surface area (Å²) in [5.74, 6) is 0.223. The van der Waals surface area contributed by atoms with Crippen molar-refractivity contribution in [1.29, 1.82) is 0 Å². The van der Waals surface area contributed by atoms with Gasteiger partial charge < -0.3 is 16.0 Å². The van der Waals surface area contributed by atoms with E-state index in [1.807, 2.05) is 90.3 Å². The molecule has 8 heteroatoms. The number of hydrogen-bond acceptors (Lipinski definition) is 5. The van der Waals surface area contributed by atoms with Gasteiger partial charge in [-0.1, -0.05) is 48.5 Å². The molecule has 0 bridgehead atoms. The van der Waals surface area contributed by atoms with Crippen molar-refractivity contribution in [3.8, 4) is 11.3 Å². The summed E-state index contributed by atoms with van der Waals surface area (Å²) in [5, 5.41) is 12.2. The average molecular weight is 477 g/mol. The Morgan fingerprint density at radius 3 is 2.16 bits per heavy atom. The number of nitrogens with zero attached hydrogens (tertiary/aromatic N) is 1. The molecule has 1 aromatic heterocycles. The number of aromatic nitrogens is 1. The molecule has 0 spiro atoms. The van der Waals surface area contributed by atoms with E-state index in [9.17, 15) is 4.79 Å². The Bertz CT molecular complexity index is 1180. The number of amides is 1. The third kappa shape index (κ3) is 6.40. The number of carbonyl (C=O) groups is 1. The molecule has 4 aromatic rings. The third-order valence-electron chi connectivity index (χ3n) is 4.33. The van der Waals surface area contributed by atoms with Gasteiger partial charge in [-0.3, -0.25) is 4.79 Å². The molecule has 160 valence electrons. The van der Waals surface area contributed by atoms with E-state index in [4.69, 9.17) is 12.2 Å². The number of carbonyl (C=O) groups excluding carboxylic acids is 1. The molecular formula is C24H20N4OS3. The number of hydrogen-bond donors (Lipinski definition) is 3. The minimum absolute atomic E-state index is 0.0839. The largest absolute Gasteiger partial charge is 0.332 e. The zero-order valence-electron chi connectivity index (χ0n) is 16.9. The lowest BCUT2D eigenvalue weighted by Gasteiger charge is -2.11. The highest BCUT2D eigenvalue weighted by atomic mass is 32.2. The molecule has 0 aliphatic rings. The third-order valence-corrected chi connectivity index (χ3v) is 6.31. The molecule has 3 N–H and O–H groups in total. The van der Waals surface area contributed by atoms with Crippen LogP contribution in [0.3, 0.4) is 0 Å². The maximum atomic E-state index is 12.3. The monoisotopic (exact) mass is 476 g/mol. The summed E-state index contributed by atoms with van der Waals surface area (Å²) in [4.78, 5) is 17.8. The van der Waals surface area contributed by atoms with Gasteiger partial charge in [-0.2, -0.15) is 0 Å². The first-order chi connectivity index (χ1) is 15.7. The Kier molecular flexibility index (Phi) is 7.50. The van der Waals surface area contributed by atoms with Gasteiger partial charge in [0.1, 0.15) is 0 Å². The van der Waals surface area contributed by atoms with E-state index in [1.54, 1.807) is 0 Å². The molecule has 32 heavy (non-hydrogen) atoms. The lowest BCUT2D eigenvalue weighted by atomic mass is 10.2. The van der Waals surface area contributed by atoms with Crippen LogP contribution in [0.5, 0.6) is 0 Å². The molecule has 0 aliphatic carbocycles. The van der Waals surface area contributed by atoms with Gasteiger partial charge in [-0.15, -0.1) is 23.1 Å². The minimum Gasteiger partial charge on any atom is -0.332 e. The highest BCUT2D eigenvalue weighted by Crippen LogP contribution is 2.25. The predicted octanol–water partition coefficient (Wildman–Crippen LogP) is 6.35. The van der Waals surface area contributed by atoms with Gasteiger partial charge in [0.15, 0.2) is 10.2 Å². The summed E-state index contributed by atoms with van der Waals surface area (Å²) in [7, 11) is 0. The lowest BCUT2D eigenvalue weighted by molar-refractivity contribution is -0.113. The molecule has 0 saturated carbocycles. The van der Waals surface area contributed by atoms with E-state index >= 15 is 0 Å². The van der Waals surface area contributed by atoms with Crippen molar-refractivity contribution in [2.24, 2.45) is 0 Å². The fourth-order valence-corrected chi connectivity index (χ4v) is 4.50. The summed E-state index contributed by atoms with van der Waals surface area (Å²) >= 11 is 8.24. The molecule has 0 unspecified atom stereocenters. The second-order valence-electron chi connectivity index (χ2n) is 6.71. The van der Waals surface area contributed by atoms with Crippen molar-refractivity contribution >= 4 is 62.8 Å². The second kappa shape index (κ2) is 10.9. The van der Waals surface area contributed by atoms with Crippen LogP contribution in [0, 0.1) is 0 Å². The number of nitrogens with one attached hydrogen (secondary N) is 3. The number of anilines is 3. The van der Waals surface area contributed by atoms with E-state index in [1.165, 1.54) is 23.1 Å². The summed E-state index contributed by atoms with van der Waals surface area (Å²) in [6, 6.07) is 27.5. The van der Waals surface area contributed by atoms with Crippen molar-refractivity contribution in [3.63, 3.8) is 0 Å². The summed E-state index contributed by atoms with van der Waals surface area (Å²) in [5.41, 5.74) is 3.70. The molecule has 3 aromatic carbocycles. The van der Waals surface area contributed by atoms with Crippen molar-refractivity contribution in [1.82, 2.24) is 4.98 Å². The van der Waals surface area contributed by atoms with Gasteiger partial charge in [0.25, 0.3) is 0 Å². The Morgan fingerprint density at radius 2 is 1.47 bits per heavy atom. The van der Waals surface area contributed by atoms with Crippen LogP contribution in [0.15, 0.2) is 95.2 Å². The Labute approximate surface area is 200 Å². The van der Waals surface area contributed by atoms with Crippen LogP contribution in [-0.4, -0.2) is 21.8 Å². The van der Waals surface area contributed by atoms with E-state index in [0.29, 0.717) is 16.0 Å². The Hall–Kier alpha value is -3.20. The van der Waals surface area contributed by atoms with Gasteiger partial charge in [0.2, 0.25) is 5.91 Å². The van der Waals surface area contributed by atoms with Crippen LogP contribution in [0.2, 0.25) is 0 Å². The lowest BCUT2D eigenvalue weighted by Crippen LogP contribution is -2.18. The topological polar surface area (TPSA) is 66.1 Å². The maximum Gasteiger partial charge on any atom is 0.236 e. The van der Waals surface area contributed by atoms with Crippen LogP contribution in [0.1, 0.15) is 0 Å². The maximum absolute atomic E-state index is 12.3. The molecule has 1 heterocycles. The number of thiazole rings is 1. The van der Waals surface area contributed by atoms with E-state index < -0.39 is 0 Å². The second-order valence-corrected chi connectivity index (χ2v) is 9.03. The molecule has 0 atom stereocenters. The number of rotatable bonds is 7. The van der Waals surface area contributed by atoms with Crippen molar-refractivity contribution < 1.29 is 4.79 Å². The minimum atomic E-state index is -0.0839. The summed E-state index contributed by atoms with van der Waals surface area (Å²) in [6.07, 6.45) is 0. The van der Waals surface area contributed by atoms with Gasteiger partial charge in [-0.05, 0) is 48.6 Å². The van der Waals surface area contributed by atoms with Crippen molar-refractivity contribution in [3.05, 3.63) is 90.3 Å². The molecule has 0 aliphatic heterocycles. The van der Waals surface area contributed by atoms with E-state index in [0.717, 1.165) is 27.5 Å². The molecule has 0 saturated heterocycles. The molecule has 0 fully saturated rings. The Morgan fingerprint density at radius 1 is 0.844 bits per heavy atom. The van der Waals surface area contributed by atoms with Gasteiger partial charge in [0, 0.05) is 27.2 Å². The summed E-state index contributed by atoms with van der Waals surface area (Å²) in [6.45, 7) is 0. The number of thiocarbonyl (C=S) groups is 1. The van der Waals surface area contributed by atoms with Crippen LogP contribution in [-0.2, 0) is 4.79 Å². The zero-order chi connectivity index (χ0) is 22.2. The molecule has 5 nitrogen and oxygen atoms in total. The fourth-order valence-electron chi connectivity index (χ4n) is 2.83. The highest BCUT2D eigenvalue weighted by Gasteiger charge is 2.09. The fraction of sp³-hybridized carbons (Fsp3) is 0.0417.